The maximum absolute atomic E-state index is 8.69. The largest absolute Gasteiger partial charge is 0.496 e. The Morgan fingerprint density at radius 2 is 2.10 bits per heavy atom. The van der Waals surface area contributed by atoms with Gasteiger partial charge in [-0.05, 0) is 23.6 Å². The van der Waals surface area contributed by atoms with E-state index in [1.54, 1.807) is 13.3 Å². The summed E-state index contributed by atoms with van der Waals surface area (Å²) in [6.07, 6.45) is 2.06. The summed E-state index contributed by atoms with van der Waals surface area (Å²) < 4.78 is 5.44. The van der Waals surface area contributed by atoms with E-state index in [9.17, 15) is 0 Å². The van der Waals surface area contributed by atoms with Gasteiger partial charge < -0.3 is 9.72 Å². The highest BCUT2D eigenvalue weighted by Crippen LogP contribution is 2.34. The van der Waals surface area contributed by atoms with Crippen LogP contribution in [0, 0.1) is 11.3 Å². The molecule has 0 aliphatic carbocycles. The molecule has 1 aromatic carbocycles. The third kappa shape index (κ3) is 2.83. The van der Waals surface area contributed by atoms with Gasteiger partial charge in [-0.3, -0.25) is 0 Å². The van der Waals surface area contributed by atoms with Crippen LogP contribution in [0.3, 0.4) is 0 Å². The van der Waals surface area contributed by atoms with E-state index < -0.39 is 0 Å². The van der Waals surface area contributed by atoms with Crippen LogP contribution in [0.5, 0.6) is 5.75 Å². The van der Waals surface area contributed by atoms with Crippen molar-refractivity contribution in [2.75, 3.05) is 7.11 Å². The van der Waals surface area contributed by atoms with Crippen molar-refractivity contribution in [2.24, 2.45) is 0 Å². The van der Waals surface area contributed by atoms with E-state index in [0.29, 0.717) is 12.2 Å². The van der Waals surface area contributed by atoms with Crippen LogP contribution >= 0.6 is 0 Å². The zero-order valence-electron chi connectivity index (χ0n) is 12.3. The molecule has 1 heterocycles. The number of ether oxygens (including phenoxy) is 1. The van der Waals surface area contributed by atoms with Crippen molar-refractivity contribution in [1.29, 1.82) is 5.26 Å². The molecule has 0 radical (unpaired) electrons. The van der Waals surface area contributed by atoms with Crippen molar-refractivity contribution >= 4 is 0 Å². The number of benzene rings is 1. The van der Waals surface area contributed by atoms with Crippen LogP contribution in [0.1, 0.15) is 32.2 Å². The molecule has 1 N–H and O–H groups in total. The van der Waals surface area contributed by atoms with E-state index in [2.05, 4.69) is 42.9 Å². The molecule has 0 aliphatic heterocycles. The SMILES string of the molecule is COc1ccc(-c2cnc(CC#N)[nH]2)cc1C(C)(C)C. The molecular weight excluding hydrogens is 250 g/mol. The number of rotatable bonds is 3. The number of nitrogens with zero attached hydrogens (tertiary/aromatic N) is 2. The summed E-state index contributed by atoms with van der Waals surface area (Å²) in [4.78, 5) is 7.38. The van der Waals surface area contributed by atoms with Crippen molar-refractivity contribution in [3.05, 3.63) is 35.8 Å². The van der Waals surface area contributed by atoms with Crippen molar-refractivity contribution in [2.45, 2.75) is 32.6 Å². The van der Waals surface area contributed by atoms with E-state index in [-0.39, 0.29) is 5.41 Å². The minimum Gasteiger partial charge on any atom is -0.496 e. The van der Waals surface area contributed by atoms with E-state index in [1.165, 1.54) is 0 Å². The van der Waals surface area contributed by atoms with Gasteiger partial charge >= 0.3 is 0 Å². The number of imidazole rings is 1. The first-order valence-electron chi connectivity index (χ1n) is 6.55. The Hall–Kier alpha value is -2.28. The molecular formula is C16H19N3O. The summed E-state index contributed by atoms with van der Waals surface area (Å²) in [5.41, 5.74) is 3.11. The lowest BCUT2D eigenvalue weighted by Crippen LogP contribution is -2.12. The topological polar surface area (TPSA) is 61.7 Å². The number of hydrogen-bond donors (Lipinski definition) is 1. The third-order valence-corrected chi connectivity index (χ3v) is 3.19. The molecule has 2 rings (SSSR count). The summed E-state index contributed by atoms with van der Waals surface area (Å²) in [5, 5.41) is 8.69. The average molecular weight is 269 g/mol. The Labute approximate surface area is 119 Å². The molecule has 0 saturated carbocycles. The van der Waals surface area contributed by atoms with Gasteiger partial charge in [-0.15, -0.1) is 0 Å². The van der Waals surface area contributed by atoms with Crippen molar-refractivity contribution in [3.8, 4) is 23.1 Å². The summed E-state index contributed by atoms with van der Waals surface area (Å²) in [6.45, 7) is 6.47. The molecule has 4 nitrogen and oxygen atoms in total. The molecule has 104 valence electrons. The van der Waals surface area contributed by atoms with Crippen LogP contribution in [-0.4, -0.2) is 17.1 Å². The minimum absolute atomic E-state index is 0.00312. The maximum atomic E-state index is 8.69. The summed E-state index contributed by atoms with van der Waals surface area (Å²) >= 11 is 0. The monoisotopic (exact) mass is 269 g/mol. The minimum atomic E-state index is -0.00312. The molecule has 0 bridgehead atoms. The molecule has 4 heteroatoms. The van der Waals surface area contributed by atoms with Gasteiger partial charge in [0.15, 0.2) is 0 Å². The Bertz CT molecular complexity index is 644. The van der Waals surface area contributed by atoms with Crippen molar-refractivity contribution < 1.29 is 4.74 Å². The Morgan fingerprint density at radius 3 is 2.70 bits per heavy atom. The van der Waals surface area contributed by atoms with Gasteiger partial charge in [0.25, 0.3) is 0 Å². The second-order valence-corrected chi connectivity index (χ2v) is 5.74. The Balaban J connectivity index is 2.45. The fraction of sp³-hybridized carbons (Fsp3) is 0.375. The summed E-state index contributed by atoms with van der Waals surface area (Å²) in [7, 11) is 1.69. The predicted octanol–water partition coefficient (Wildman–Crippen LogP) is 3.45. The standard InChI is InChI=1S/C16H19N3O/c1-16(2,3)12-9-11(5-6-14(12)20-4)13-10-18-15(19-13)7-8-17/h5-6,9-10H,7H2,1-4H3,(H,18,19). The highest BCUT2D eigenvalue weighted by Gasteiger charge is 2.19. The first-order valence-corrected chi connectivity index (χ1v) is 6.55. The molecule has 0 aliphatic rings. The van der Waals surface area contributed by atoms with E-state index >= 15 is 0 Å². The zero-order chi connectivity index (χ0) is 14.8. The Kier molecular flexibility index (Phi) is 3.80. The quantitative estimate of drug-likeness (QED) is 0.928. The molecule has 0 amide bonds. The predicted molar refractivity (Wildman–Crippen MR) is 78.6 cm³/mol. The maximum Gasteiger partial charge on any atom is 0.122 e. The Morgan fingerprint density at radius 1 is 1.35 bits per heavy atom. The lowest BCUT2D eigenvalue weighted by Gasteiger charge is -2.22. The van der Waals surface area contributed by atoms with E-state index in [0.717, 1.165) is 22.6 Å². The number of nitrogens with one attached hydrogen (secondary N) is 1. The number of H-pyrrole nitrogens is 1. The van der Waals surface area contributed by atoms with Crippen LogP contribution in [0.25, 0.3) is 11.3 Å². The average Bonchev–Trinajstić information content (AvgIpc) is 2.86. The molecule has 0 saturated heterocycles. The summed E-state index contributed by atoms with van der Waals surface area (Å²) in [5.74, 6) is 1.58. The first-order chi connectivity index (χ1) is 9.45. The molecule has 0 spiro atoms. The van der Waals surface area contributed by atoms with Gasteiger partial charge in [0.1, 0.15) is 11.6 Å². The number of hydrogen-bond acceptors (Lipinski definition) is 3. The number of methoxy groups -OCH3 is 1. The molecule has 0 atom stereocenters. The van der Waals surface area contributed by atoms with Gasteiger partial charge in [-0.1, -0.05) is 20.8 Å². The second kappa shape index (κ2) is 5.38. The molecule has 20 heavy (non-hydrogen) atoms. The van der Waals surface area contributed by atoms with E-state index in [1.807, 2.05) is 12.1 Å². The lowest BCUT2D eigenvalue weighted by molar-refractivity contribution is 0.397. The first kappa shape index (κ1) is 14.1. The second-order valence-electron chi connectivity index (χ2n) is 5.74. The molecule has 1 aromatic heterocycles. The fourth-order valence-electron chi connectivity index (χ4n) is 2.14. The molecule has 0 fully saturated rings. The third-order valence-electron chi connectivity index (χ3n) is 3.19. The van der Waals surface area contributed by atoms with E-state index in [4.69, 9.17) is 10.00 Å². The van der Waals surface area contributed by atoms with Gasteiger partial charge in [0.2, 0.25) is 0 Å². The highest BCUT2D eigenvalue weighted by molar-refractivity contribution is 5.62. The van der Waals surface area contributed by atoms with Crippen molar-refractivity contribution in [3.63, 3.8) is 0 Å². The van der Waals surface area contributed by atoms with Gasteiger partial charge in [0.05, 0.1) is 31.5 Å². The zero-order valence-corrected chi connectivity index (χ0v) is 12.3. The van der Waals surface area contributed by atoms with Crippen LogP contribution in [0.15, 0.2) is 24.4 Å². The van der Waals surface area contributed by atoms with Gasteiger partial charge in [-0.25, -0.2) is 4.98 Å². The van der Waals surface area contributed by atoms with Crippen LogP contribution in [0.2, 0.25) is 0 Å². The molecule has 0 unspecified atom stereocenters. The van der Waals surface area contributed by atoms with Gasteiger partial charge in [-0.2, -0.15) is 5.26 Å². The normalized spacial score (nSPS) is 11.2. The van der Waals surface area contributed by atoms with Gasteiger partial charge in [0, 0.05) is 11.1 Å². The number of nitriles is 1. The number of aromatic nitrogens is 2. The number of aromatic amines is 1. The van der Waals surface area contributed by atoms with Crippen LogP contribution < -0.4 is 4.74 Å². The van der Waals surface area contributed by atoms with Crippen LogP contribution in [-0.2, 0) is 11.8 Å². The smallest absolute Gasteiger partial charge is 0.122 e. The lowest BCUT2D eigenvalue weighted by atomic mass is 9.85. The fourth-order valence-corrected chi connectivity index (χ4v) is 2.14. The summed E-state index contributed by atoms with van der Waals surface area (Å²) in [6, 6.07) is 8.17. The van der Waals surface area contributed by atoms with Crippen LogP contribution in [0.4, 0.5) is 0 Å². The van der Waals surface area contributed by atoms with Crippen molar-refractivity contribution in [1.82, 2.24) is 9.97 Å². The highest BCUT2D eigenvalue weighted by atomic mass is 16.5. The molecule has 2 aromatic rings.